The smallest absolute Gasteiger partial charge is 0.233 e. The fourth-order valence-electron chi connectivity index (χ4n) is 2.24. The minimum atomic E-state index is -0.257. The minimum Gasteiger partial charge on any atom is -0.355 e. The number of nitrogens with one attached hydrogen (secondary N) is 2. The number of halogens is 1. The quantitative estimate of drug-likeness (QED) is 0.825. The molecular weight excluding hydrogens is 279 g/mol. The molecule has 2 aromatic carbocycles. The number of carbonyl (C=O) groups is 1. The number of benzene rings is 2. The number of rotatable bonds is 7. The Hall–Kier alpha value is -2.20. The summed E-state index contributed by atoms with van der Waals surface area (Å²) in [5, 5.41) is 5.89. The van der Waals surface area contributed by atoms with Gasteiger partial charge >= 0.3 is 0 Å². The van der Waals surface area contributed by atoms with Crippen LogP contribution in [0.4, 0.5) is 4.39 Å². The highest BCUT2D eigenvalue weighted by molar-refractivity contribution is 5.78. The van der Waals surface area contributed by atoms with Crippen LogP contribution >= 0.6 is 0 Å². The minimum absolute atomic E-state index is 0.0841. The molecule has 116 valence electrons. The largest absolute Gasteiger partial charge is 0.355 e. The average Bonchev–Trinajstić information content (AvgIpc) is 2.54. The van der Waals surface area contributed by atoms with Crippen molar-refractivity contribution in [3.63, 3.8) is 0 Å². The first-order valence-electron chi connectivity index (χ1n) is 7.45. The summed E-state index contributed by atoms with van der Waals surface area (Å²) < 4.78 is 13.6. The zero-order valence-corrected chi connectivity index (χ0v) is 12.7. The third-order valence-electron chi connectivity index (χ3n) is 3.52. The van der Waals surface area contributed by atoms with Gasteiger partial charge in [0.25, 0.3) is 0 Å². The fraction of sp³-hybridized carbons (Fsp3) is 0.278. The molecule has 1 atom stereocenters. The summed E-state index contributed by atoms with van der Waals surface area (Å²) >= 11 is 0. The summed E-state index contributed by atoms with van der Waals surface area (Å²) in [6, 6.07) is 16.4. The van der Waals surface area contributed by atoms with Crippen molar-refractivity contribution in [2.45, 2.75) is 19.4 Å². The summed E-state index contributed by atoms with van der Waals surface area (Å²) in [5.41, 5.74) is 1.76. The lowest BCUT2D eigenvalue weighted by molar-refractivity contribution is -0.120. The van der Waals surface area contributed by atoms with Crippen LogP contribution in [0.1, 0.15) is 24.1 Å². The Labute approximate surface area is 130 Å². The van der Waals surface area contributed by atoms with Gasteiger partial charge in [0.05, 0.1) is 6.54 Å². The first-order valence-corrected chi connectivity index (χ1v) is 7.45. The van der Waals surface area contributed by atoms with Crippen LogP contribution in [-0.2, 0) is 11.2 Å². The van der Waals surface area contributed by atoms with Crippen molar-refractivity contribution < 1.29 is 9.18 Å². The molecule has 0 fully saturated rings. The lowest BCUT2D eigenvalue weighted by Crippen LogP contribution is -2.36. The maximum Gasteiger partial charge on any atom is 0.233 e. The Bertz CT molecular complexity index is 601. The van der Waals surface area contributed by atoms with Crippen LogP contribution in [0.25, 0.3) is 0 Å². The number of amides is 1. The maximum absolute atomic E-state index is 13.6. The number of hydrogen-bond donors (Lipinski definition) is 2. The van der Waals surface area contributed by atoms with Crippen LogP contribution in [-0.4, -0.2) is 19.0 Å². The van der Waals surface area contributed by atoms with Crippen molar-refractivity contribution in [1.29, 1.82) is 0 Å². The molecule has 0 radical (unpaired) electrons. The zero-order chi connectivity index (χ0) is 15.8. The van der Waals surface area contributed by atoms with Crippen LogP contribution in [0.5, 0.6) is 0 Å². The summed E-state index contributed by atoms with van der Waals surface area (Å²) in [4.78, 5) is 11.8. The third kappa shape index (κ3) is 4.97. The number of hydrogen-bond acceptors (Lipinski definition) is 2. The normalized spacial score (nSPS) is 11.9. The highest BCUT2D eigenvalue weighted by Crippen LogP contribution is 2.15. The van der Waals surface area contributed by atoms with E-state index in [0.29, 0.717) is 12.1 Å². The van der Waals surface area contributed by atoms with E-state index in [2.05, 4.69) is 10.6 Å². The average molecular weight is 300 g/mol. The first-order chi connectivity index (χ1) is 10.7. The maximum atomic E-state index is 13.6. The summed E-state index contributed by atoms with van der Waals surface area (Å²) in [5.74, 6) is -0.342. The van der Waals surface area contributed by atoms with E-state index in [4.69, 9.17) is 0 Å². The van der Waals surface area contributed by atoms with Gasteiger partial charge in [0.15, 0.2) is 0 Å². The highest BCUT2D eigenvalue weighted by atomic mass is 19.1. The molecule has 0 aliphatic carbocycles. The predicted octanol–water partition coefficient (Wildman–Crippen LogP) is 2.84. The number of carbonyl (C=O) groups excluding carboxylic acids is 1. The van der Waals surface area contributed by atoms with Gasteiger partial charge in [0.2, 0.25) is 5.91 Å². The molecule has 0 saturated carbocycles. The van der Waals surface area contributed by atoms with Gasteiger partial charge in [-0.1, -0.05) is 48.5 Å². The van der Waals surface area contributed by atoms with E-state index in [1.54, 1.807) is 18.2 Å². The first kappa shape index (κ1) is 16.2. The standard InChI is InChI=1S/C18H21FN2O/c1-14(16-9-5-6-10-17(16)19)21-13-18(22)20-12-11-15-7-3-2-4-8-15/h2-10,14,21H,11-13H2,1H3,(H,20,22). The molecule has 22 heavy (non-hydrogen) atoms. The molecule has 4 heteroatoms. The molecule has 1 amide bonds. The molecule has 0 spiro atoms. The van der Waals surface area contributed by atoms with Crippen molar-refractivity contribution in [3.8, 4) is 0 Å². The second-order valence-corrected chi connectivity index (χ2v) is 5.21. The van der Waals surface area contributed by atoms with Gasteiger partial charge in [0, 0.05) is 18.2 Å². The predicted molar refractivity (Wildman–Crippen MR) is 86.0 cm³/mol. The lowest BCUT2D eigenvalue weighted by Gasteiger charge is -2.14. The Morgan fingerprint density at radius 3 is 2.50 bits per heavy atom. The van der Waals surface area contributed by atoms with E-state index in [0.717, 1.165) is 6.42 Å². The van der Waals surface area contributed by atoms with Gasteiger partial charge in [-0.15, -0.1) is 0 Å². The molecular formula is C18H21FN2O. The molecule has 2 aromatic rings. The highest BCUT2D eigenvalue weighted by Gasteiger charge is 2.11. The van der Waals surface area contributed by atoms with Crippen molar-refractivity contribution in [2.75, 3.05) is 13.1 Å². The van der Waals surface area contributed by atoms with E-state index in [9.17, 15) is 9.18 Å². The molecule has 0 aliphatic heterocycles. The topological polar surface area (TPSA) is 41.1 Å². The van der Waals surface area contributed by atoms with Crippen molar-refractivity contribution in [2.24, 2.45) is 0 Å². The Balaban J connectivity index is 1.70. The molecule has 2 N–H and O–H groups in total. The molecule has 0 heterocycles. The van der Waals surface area contributed by atoms with Crippen molar-refractivity contribution >= 4 is 5.91 Å². The van der Waals surface area contributed by atoms with Gasteiger partial charge in [-0.3, -0.25) is 4.79 Å². The van der Waals surface area contributed by atoms with Crippen LogP contribution in [0.2, 0.25) is 0 Å². The monoisotopic (exact) mass is 300 g/mol. The Morgan fingerprint density at radius 1 is 1.09 bits per heavy atom. The van der Waals surface area contributed by atoms with E-state index in [1.165, 1.54) is 11.6 Å². The second-order valence-electron chi connectivity index (χ2n) is 5.21. The van der Waals surface area contributed by atoms with Gasteiger partial charge in [-0.05, 0) is 25.0 Å². The fourth-order valence-corrected chi connectivity index (χ4v) is 2.24. The lowest BCUT2D eigenvalue weighted by atomic mass is 10.1. The van der Waals surface area contributed by atoms with Crippen molar-refractivity contribution in [1.82, 2.24) is 10.6 Å². The summed E-state index contributed by atoms with van der Waals surface area (Å²) in [6.07, 6.45) is 0.801. The van der Waals surface area contributed by atoms with E-state index >= 15 is 0 Å². The molecule has 0 saturated heterocycles. The molecule has 1 unspecified atom stereocenters. The van der Waals surface area contributed by atoms with Crippen LogP contribution in [0.3, 0.4) is 0 Å². The summed E-state index contributed by atoms with van der Waals surface area (Å²) in [7, 11) is 0. The van der Waals surface area contributed by atoms with E-state index in [1.807, 2.05) is 37.3 Å². The van der Waals surface area contributed by atoms with Crippen LogP contribution < -0.4 is 10.6 Å². The Morgan fingerprint density at radius 2 is 1.77 bits per heavy atom. The molecule has 2 rings (SSSR count). The van der Waals surface area contributed by atoms with Gasteiger partial charge < -0.3 is 10.6 Å². The van der Waals surface area contributed by atoms with Gasteiger partial charge in [0.1, 0.15) is 5.82 Å². The Kier molecular flexibility index (Phi) is 6.10. The molecule has 3 nitrogen and oxygen atoms in total. The second kappa shape index (κ2) is 8.29. The van der Waals surface area contributed by atoms with E-state index < -0.39 is 0 Å². The van der Waals surface area contributed by atoms with E-state index in [-0.39, 0.29) is 24.3 Å². The SMILES string of the molecule is CC(NCC(=O)NCCc1ccccc1)c1ccccc1F. The molecule has 0 aliphatic rings. The van der Waals surface area contributed by atoms with Crippen molar-refractivity contribution in [3.05, 3.63) is 71.5 Å². The molecule has 0 aromatic heterocycles. The van der Waals surface area contributed by atoms with Gasteiger partial charge in [-0.25, -0.2) is 4.39 Å². The zero-order valence-electron chi connectivity index (χ0n) is 12.7. The van der Waals surface area contributed by atoms with Crippen LogP contribution in [0, 0.1) is 5.82 Å². The third-order valence-corrected chi connectivity index (χ3v) is 3.52. The van der Waals surface area contributed by atoms with Crippen LogP contribution in [0.15, 0.2) is 54.6 Å². The molecule has 0 bridgehead atoms. The van der Waals surface area contributed by atoms with Gasteiger partial charge in [-0.2, -0.15) is 0 Å². The summed E-state index contributed by atoms with van der Waals surface area (Å²) in [6.45, 7) is 2.61.